The van der Waals surface area contributed by atoms with Crippen LogP contribution in [0.5, 0.6) is 0 Å². The topological polar surface area (TPSA) is 100 Å². The lowest BCUT2D eigenvalue weighted by atomic mass is 9.96. The fourth-order valence-electron chi connectivity index (χ4n) is 4.26. The molecule has 4 heterocycles. The summed E-state index contributed by atoms with van der Waals surface area (Å²) in [5.74, 6) is 1.11. The van der Waals surface area contributed by atoms with Crippen LogP contribution in [-0.4, -0.2) is 40.7 Å². The minimum Gasteiger partial charge on any atom is -0.464 e. The lowest BCUT2D eigenvalue weighted by Gasteiger charge is -2.32. The van der Waals surface area contributed by atoms with E-state index in [1.807, 2.05) is 6.07 Å². The van der Waals surface area contributed by atoms with Gasteiger partial charge in [0.2, 0.25) is 5.95 Å². The molecule has 2 aromatic heterocycles. The van der Waals surface area contributed by atoms with E-state index < -0.39 is 5.91 Å². The van der Waals surface area contributed by atoms with Crippen LogP contribution >= 0.6 is 11.8 Å². The molecule has 5 rings (SSSR count). The van der Waals surface area contributed by atoms with Crippen LogP contribution in [-0.2, 0) is 11.3 Å². The summed E-state index contributed by atoms with van der Waals surface area (Å²) < 4.78 is 19.2. The average molecular weight is 494 g/mol. The van der Waals surface area contributed by atoms with Crippen molar-refractivity contribution in [3.63, 3.8) is 0 Å². The van der Waals surface area contributed by atoms with Gasteiger partial charge in [0.15, 0.2) is 0 Å². The number of amides is 2. The summed E-state index contributed by atoms with van der Waals surface area (Å²) >= 11 is 0.874. The molecule has 0 saturated carbocycles. The number of thioether (sulfide) groups is 1. The number of aromatic nitrogens is 2. The van der Waals surface area contributed by atoms with E-state index in [-0.39, 0.29) is 11.1 Å². The van der Waals surface area contributed by atoms with Gasteiger partial charge in [-0.3, -0.25) is 14.9 Å². The van der Waals surface area contributed by atoms with E-state index in [0.29, 0.717) is 34.8 Å². The Labute approximate surface area is 206 Å². The van der Waals surface area contributed by atoms with Gasteiger partial charge in [0.25, 0.3) is 11.1 Å². The third kappa shape index (κ3) is 5.60. The normalized spacial score (nSPS) is 17.9. The maximum atomic E-state index is 13.8. The van der Waals surface area contributed by atoms with Gasteiger partial charge >= 0.3 is 0 Å². The van der Waals surface area contributed by atoms with Crippen LogP contribution in [0, 0.1) is 11.7 Å². The van der Waals surface area contributed by atoms with Gasteiger partial charge in [-0.25, -0.2) is 14.4 Å². The van der Waals surface area contributed by atoms with E-state index in [0.717, 1.165) is 55.4 Å². The molecule has 8 nitrogen and oxygen atoms in total. The molecule has 0 atom stereocenters. The van der Waals surface area contributed by atoms with E-state index in [9.17, 15) is 14.0 Å². The number of nitrogens with one attached hydrogen (secondary N) is 2. The van der Waals surface area contributed by atoms with Crippen molar-refractivity contribution in [2.24, 2.45) is 5.92 Å². The zero-order chi connectivity index (χ0) is 24.2. The first-order chi connectivity index (χ1) is 17.0. The third-order valence-electron chi connectivity index (χ3n) is 6.09. The van der Waals surface area contributed by atoms with Crippen LogP contribution in [0.2, 0.25) is 0 Å². The van der Waals surface area contributed by atoms with E-state index in [1.165, 1.54) is 12.1 Å². The third-order valence-corrected chi connectivity index (χ3v) is 6.90. The Hall–Kier alpha value is -3.50. The van der Waals surface area contributed by atoms with E-state index in [1.54, 1.807) is 36.7 Å². The predicted octanol–water partition coefficient (Wildman–Crippen LogP) is 4.21. The molecule has 1 aromatic carbocycles. The molecule has 180 valence electrons. The number of nitrogens with zero attached hydrogens (tertiary/aromatic N) is 3. The van der Waals surface area contributed by atoms with Gasteiger partial charge in [0.05, 0.1) is 16.9 Å². The van der Waals surface area contributed by atoms with Crippen LogP contribution < -0.4 is 15.5 Å². The summed E-state index contributed by atoms with van der Waals surface area (Å²) in [4.78, 5) is 34.6. The van der Waals surface area contributed by atoms with Crippen LogP contribution in [0.25, 0.3) is 17.4 Å². The average Bonchev–Trinajstić information content (AvgIpc) is 3.50. The molecule has 2 N–H and O–H groups in total. The second-order valence-corrected chi connectivity index (χ2v) is 9.49. The Balaban J connectivity index is 1.14. The van der Waals surface area contributed by atoms with Crippen molar-refractivity contribution in [1.29, 1.82) is 0 Å². The lowest BCUT2D eigenvalue weighted by molar-refractivity contribution is -0.115. The molecule has 2 fully saturated rings. The first kappa shape index (κ1) is 23.3. The molecule has 2 saturated heterocycles. The quantitative estimate of drug-likeness (QED) is 0.472. The molecule has 3 aromatic rings. The fourth-order valence-corrected chi connectivity index (χ4v) is 4.93. The lowest BCUT2D eigenvalue weighted by Crippen LogP contribution is -2.38. The summed E-state index contributed by atoms with van der Waals surface area (Å²) in [7, 11) is 0. The van der Waals surface area contributed by atoms with Crippen molar-refractivity contribution in [1.82, 2.24) is 20.6 Å². The number of carbonyl (C=O) groups is 2. The summed E-state index contributed by atoms with van der Waals surface area (Å²) in [6, 6.07) is 10.1. The number of halogens is 1. The molecule has 2 amide bonds. The number of carbonyl (C=O) groups excluding carboxylic acids is 2. The maximum absolute atomic E-state index is 13.8. The Morgan fingerprint density at radius 3 is 2.83 bits per heavy atom. The number of furan rings is 1. The number of benzene rings is 1. The number of piperidine rings is 1. The highest BCUT2D eigenvalue weighted by Gasteiger charge is 2.26. The smallest absolute Gasteiger partial charge is 0.290 e. The van der Waals surface area contributed by atoms with Gasteiger partial charge in [-0.2, -0.15) is 0 Å². The van der Waals surface area contributed by atoms with Crippen molar-refractivity contribution in [2.45, 2.75) is 19.4 Å². The standard InChI is InChI=1S/C25H24FN5O3S/c26-18-4-3-17(20(12-18)21-2-1-11-34-21)15-27-14-16-6-9-31(10-7-16)24-28-8-5-19(29-24)13-22-23(32)30-25(33)35-22/h1-5,8,11-13,16,27H,6-7,9-10,14-15H2,(H,30,32,33)/b22-13-. The fraction of sp³-hybridized carbons (Fsp3) is 0.280. The maximum Gasteiger partial charge on any atom is 0.290 e. The Morgan fingerprint density at radius 1 is 1.23 bits per heavy atom. The van der Waals surface area contributed by atoms with E-state index >= 15 is 0 Å². The zero-order valence-corrected chi connectivity index (χ0v) is 19.7. The highest BCUT2D eigenvalue weighted by atomic mass is 32.2. The number of rotatable bonds is 7. The summed E-state index contributed by atoms with van der Waals surface area (Å²) in [6.45, 7) is 3.14. The van der Waals surface area contributed by atoms with Gasteiger partial charge in [0.1, 0.15) is 11.6 Å². The van der Waals surface area contributed by atoms with Gasteiger partial charge in [0, 0.05) is 31.4 Å². The minimum absolute atomic E-state index is 0.284. The van der Waals surface area contributed by atoms with Crippen LogP contribution in [0.15, 0.2) is 58.2 Å². The molecular formula is C25H24FN5O3S. The number of hydrogen-bond donors (Lipinski definition) is 2. The summed E-state index contributed by atoms with van der Waals surface area (Å²) in [5.41, 5.74) is 2.36. The molecule has 2 aliphatic heterocycles. The number of hydrogen-bond acceptors (Lipinski definition) is 8. The van der Waals surface area contributed by atoms with Gasteiger partial charge in [-0.05, 0) is 79.0 Å². The Morgan fingerprint density at radius 2 is 2.09 bits per heavy atom. The minimum atomic E-state index is -0.398. The molecule has 35 heavy (non-hydrogen) atoms. The first-order valence-electron chi connectivity index (χ1n) is 11.4. The molecule has 0 radical (unpaired) electrons. The van der Waals surface area contributed by atoms with Crippen LogP contribution in [0.4, 0.5) is 15.1 Å². The number of imide groups is 1. The van der Waals surface area contributed by atoms with Crippen molar-refractivity contribution >= 4 is 34.9 Å². The molecule has 2 aliphatic rings. The second-order valence-electron chi connectivity index (χ2n) is 8.47. The molecule has 0 spiro atoms. The molecule has 10 heteroatoms. The SMILES string of the molecule is O=C1NC(=O)/C(=C/c2ccnc(N3CCC(CNCc4ccc(F)cc4-c4ccco4)CC3)n2)S1. The van der Waals surface area contributed by atoms with Gasteiger partial charge < -0.3 is 14.6 Å². The molecule has 0 bridgehead atoms. The largest absolute Gasteiger partial charge is 0.464 e. The molecule has 0 aliphatic carbocycles. The Bertz CT molecular complexity index is 1260. The number of anilines is 1. The summed E-state index contributed by atoms with van der Waals surface area (Å²) in [6.07, 6.45) is 6.85. The van der Waals surface area contributed by atoms with Crippen LogP contribution in [0.3, 0.4) is 0 Å². The Kier molecular flexibility index (Phi) is 6.91. The molecule has 0 unspecified atom stereocenters. The zero-order valence-electron chi connectivity index (χ0n) is 18.9. The first-order valence-corrected chi connectivity index (χ1v) is 12.2. The second kappa shape index (κ2) is 10.4. The van der Waals surface area contributed by atoms with Crippen molar-refractivity contribution < 1.29 is 18.4 Å². The highest BCUT2D eigenvalue weighted by Crippen LogP contribution is 2.27. The monoisotopic (exact) mass is 493 g/mol. The van der Waals surface area contributed by atoms with E-state index in [2.05, 4.69) is 25.5 Å². The van der Waals surface area contributed by atoms with Crippen molar-refractivity contribution in [3.8, 4) is 11.3 Å². The van der Waals surface area contributed by atoms with E-state index in [4.69, 9.17) is 4.42 Å². The van der Waals surface area contributed by atoms with Gasteiger partial charge in [-0.15, -0.1) is 0 Å². The molecular weight excluding hydrogens is 469 g/mol. The van der Waals surface area contributed by atoms with Gasteiger partial charge in [-0.1, -0.05) is 6.07 Å². The van der Waals surface area contributed by atoms with Crippen LogP contribution in [0.1, 0.15) is 24.1 Å². The van der Waals surface area contributed by atoms with Crippen molar-refractivity contribution in [2.75, 3.05) is 24.5 Å². The summed E-state index contributed by atoms with van der Waals surface area (Å²) in [5, 5.41) is 5.39. The van der Waals surface area contributed by atoms with Crippen molar-refractivity contribution in [3.05, 3.63) is 70.8 Å². The predicted molar refractivity (Wildman–Crippen MR) is 132 cm³/mol. The highest BCUT2D eigenvalue weighted by molar-refractivity contribution is 8.18.